The largest absolute Gasteiger partial charge is 0.277 e. The maximum Gasteiger partial charge on any atom is 0.240 e. The summed E-state index contributed by atoms with van der Waals surface area (Å²) in [6, 6.07) is 13.3. The zero-order valence-electron chi connectivity index (χ0n) is 19.5. The third-order valence-electron chi connectivity index (χ3n) is 5.76. The van der Waals surface area contributed by atoms with Crippen molar-refractivity contribution in [3.63, 3.8) is 0 Å². The zero-order valence-corrected chi connectivity index (χ0v) is 21.2. The molecule has 0 spiro atoms. The van der Waals surface area contributed by atoms with E-state index in [1.54, 1.807) is 29.7 Å². The van der Waals surface area contributed by atoms with Crippen LogP contribution in [0.25, 0.3) is 21.8 Å². The monoisotopic (exact) mass is 494 g/mol. The van der Waals surface area contributed by atoms with Gasteiger partial charge in [-0.3, -0.25) is 10.1 Å². The number of thiophene rings is 1. The Hall–Kier alpha value is -2.81. The molecule has 4 aromatic rings. The number of unbranched alkanes of at least 4 members (excludes halogenated alkanes) is 2. The van der Waals surface area contributed by atoms with Crippen molar-refractivity contribution in [2.45, 2.75) is 50.8 Å². The van der Waals surface area contributed by atoms with E-state index in [1.165, 1.54) is 18.4 Å². The zero-order chi connectivity index (χ0) is 24.0. The van der Waals surface area contributed by atoms with Gasteiger partial charge < -0.3 is 0 Å². The lowest BCUT2D eigenvalue weighted by atomic mass is 10.0. The van der Waals surface area contributed by atoms with Gasteiger partial charge in [0.05, 0.1) is 15.5 Å². The fourth-order valence-electron chi connectivity index (χ4n) is 3.96. The van der Waals surface area contributed by atoms with Crippen molar-refractivity contribution in [2.24, 2.45) is 0 Å². The molecule has 0 radical (unpaired) electrons. The van der Waals surface area contributed by atoms with Crippen LogP contribution < -0.4 is 4.72 Å². The van der Waals surface area contributed by atoms with Gasteiger partial charge in [-0.25, -0.2) is 13.1 Å². The van der Waals surface area contributed by atoms with Crippen molar-refractivity contribution >= 4 is 21.4 Å². The summed E-state index contributed by atoms with van der Waals surface area (Å²) in [7, 11) is -3.60. The predicted octanol–water partition coefficient (Wildman–Crippen LogP) is 5.76. The summed E-state index contributed by atoms with van der Waals surface area (Å²) in [6.07, 6.45) is 8.56. The van der Waals surface area contributed by atoms with E-state index in [0.717, 1.165) is 45.8 Å². The topological polar surface area (TPSA) is 87.7 Å². The molecule has 0 atom stereocenters. The Balaban J connectivity index is 1.50. The van der Waals surface area contributed by atoms with Gasteiger partial charge in [0.15, 0.2) is 0 Å². The summed E-state index contributed by atoms with van der Waals surface area (Å²) in [5.41, 5.74) is 5.85. The Morgan fingerprint density at radius 3 is 2.59 bits per heavy atom. The number of hydrogen-bond acceptors (Lipinski definition) is 5. The molecule has 0 aliphatic carbocycles. The summed E-state index contributed by atoms with van der Waals surface area (Å²) in [5, 5.41) is 9.72. The van der Waals surface area contributed by atoms with Crippen LogP contribution in [0.2, 0.25) is 0 Å². The molecule has 6 nitrogen and oxygen atoms in total. The normalized spacial score (nSPS) is 11.7. The highest BCUT2D eigenvalue weighted by Gasteiger charge is 2.19. The second-order valence-corrected chi connectivity index (χ2v) is 11.1. The van der Waals surface area contributed by atoms with E-state index >= 15 is 0 Å². The van der Waals surface area contributed by atoms with Crippen LogP contribution in [0.3, 0.4) is 0 Å². The van der Waals surface area contributed by atoms with Gasteiger partial charge >= 0.3 is 0 Å². The first-order valence-electron chi connectivity index (χ1n) is 11.6. The maximum atomic E-state index is 12.9. The number of nitrogens with zero attached hydrogens (tertiary/aromatic N) is 2. The highest BCUT2D eigenvalue weighted by Crippen LogP contribution is 2.33. The second-order valence-electron chi connectivity index (χ2n) is 8.40. The van der Waals surface area contributed by atoms with Crippen LogP contribution >= 0.6 is 11.3 Å². The second kappa shape index (κ2) is 11.1. The number of aromatic amines is 1. The quantitative estimate of drug-likeness (QED) is 0.259. The lowest BCUT2D eigenvalue weighted by molar-refractivity contribution is 0.581. The number of aryl methyl sites for hydroxylation is 2. The van der Waals surface area contributed by atoms with Crippen LogP contribution in [-0.4, -0.2) is 30.1 Å². The van der Waals surface area contributed by atoms with Gasteiger partial charge in [-0.15, -0.1) is 11.3 Å². The Kier molecular flexibility index (Phi) is 7.92. The first kappa shape index (κ1) is 24.3. The fourth-order valence-corrected chi connectivity index (χ4v) is 5.74. The summed E-state index contributed by atoms with van der Waals surface area (Å²) in [4.78, 5) is 5.64. The minimum atomic E-state index is -3.60. The Labute approximate surface area is 205 Å². The van der Waals surface area contributed by atoms with Gasteiger partial charge in [0.25, 0.3) is 0 Å². The molecule has 0 amide bonds. The van der Waals surface area contributed by atoms with Crippen molar-refractivity contribution in [3.8, 4) is 21.8 Å². The van der Waals surface area contributed by atoms with Crippen LogP contribution in [-0.2, 0) is 22.9 Å². The third-order valence-corrected chi connectivity index (χ3v) is 8.11. The van der Waals surface area contributed by atoms with Crippen molar-refractivity contribution in [1.29, 1.82) is 0 Å². The number of H-pyrrole nitrogens is 1. The third kappa shape index (κ3) is 5.81. The average molecular weight is 495 g/mol. The minimum absolute atomic E-state index is 0.269. The molecule has 3 aromatic heterocycles. The van der Waals surface area contributed by atoms with Crippen LogP contribution in [0, 0.1) is 6.92 Å². The molecule has 0 unspecified atom stereocenters. The van der Waals surface area contributed by atoms with Gasteiger partial charge in [-0.05, 0) is 67.0 Å². The minimum Gasteiger partial charge on any atom is -0.277 e. The molecule has 8 heteroatoms. The highest BCUT2D eigenvalue weighted by molar-refractivity contribution is 7.89. The molecule has 0 saturated carbocycles. The van der Waals surface area contributed by atoms with Gasteiger partial charge in [0.1, 0.15) is 5.69 Å². The van der Waals surface area contributed by atoms with E-state index in [2.05, 4.69) is 32.9 Å². The number of nitrogens with one attached hydrogen (secondary N) is 2. The lowest BCUT2D eigenvalue weighted by Gasteiger charge is -2.10. The summed E-state index contributed by atoms with van der Waals surface area (Å²) >= 11 is 1.61. The molecule has 178 valence electrons. The standard InChI is InChI=1S/C26H30N4O2S2/c1-3-4-5-7-20-9-11-22(12-10-20)34(31,32)28-14-13-23-25(21-16-19(2)17-27-18-21)29-30-26(23)24-8-6-15-33-24/h6,8-12,15-18,28H,3-5,7,13-14H2,1-2H3,(H,29,30). The van der Waals surface area contributed by atoms with Gasteiger partial charge in [-0.2, -0.15) is 5.10 Å². The molecular formula is C26H30N4O2S2. The van der Waals surface area contributed by atoms with Crippen LogP contribution in [0.4, 0.5) is 0 Å². The molecular weight excluding hydrogens is 464 g/mol. The first-order valence-corrected chi connectivity index (χ1v) is 14.0. The number of sulfonamides is 1. The van der Waals surface area contributed by atoms with Crippen molar-refractivity contribution in [3.05, 3.63) is 76.9 Å². The number of hydrogen-bond donors (Lipinski definition) is 2. The van der Waals surface area contributed by atoms with Gasteiger partial charge in [-0.1, -0.05) is 38.0 Å². The fraction of sp³-hybridized carbons (Fsp3) is 0.308. The number of benzene rings is 1. The predicted molar refractivity (Wildman–Crippen MR) is 138 cm³/mol. The lowest BCUT2D eigenvalue weighted by Crippen LogP contribution is -2.26. The molecule has 0 aliphatic heterocycles. The first-order chi connectivity index (χ1) is 16.5. The summed E-state index contributed by atoms with van der Waals surface area (Å²) in [6.45, 7) is 4.44. The summed E-state index contributed by atoms with van der Waals surface area (Å²) < 4.78 is 28.6. The van der Waals surface area contributed by atoms with Crippen molar-refractivity contribution < 1.29 is 8.42 Å². The Morgan fingerprint density at radius 1 is 1.06 bits per heavy atom. The number of aromatic nitrogens is 3. The molecule has 2 N–H and O–H groups in total. The van der Waals surface area contributed by atoms with Crippen molar-refractivity contribution in [1.82, 2.24) is 19.9 Å². The average Bonchev–Trinajstić information content (AvgIpc) is 3.50. The SMILES string of the molecule is CCCCCc1ccc(S(=O)(=O)NCCc2c(-c3cccs3)n[nH]c2-c2cncc(C)c2)cc1. The van der Waals surface area contributed by atoms with E-state index < -0.39 is 10.0 Å². The molecule has 1 aromatic carbocycles. The number of rotatable bonds is 11. The summed E-state index contributed by atoms with van der Waals surface area (Å²) in [5.74, 6) is 0. The van der Waals surface area contributed by atoms with Crippen LogP contribution in [0.1, 0.15) is 42.9 Å². The maximum absolute atomic E-state index is 12.9. The van der Waals surface area contributed by atoms with E-state index in [0.29, 0.717) is 11.3 Å². The molecule has 34 heavy (non-hydrogen) atoms. The van der Waals surface area contributed by atoms with Gasteiger partial charge in [0.2, 0.25) is 10.0 Å². The smallest absolute Gasteiger partial charge is 0.240 e. The van der Waals surface area contributed by atoms with E-state index in [-0.39, 0.29) is 6.54 Å². The molecule has 0 aliphatic rings. The number of pyridine rings is 1. The van der Waals surface area contributed by atoms with E-state index in [4.69, 9.17) is 0 Å². The van der Waals surface area contributed by atoms with Crippen molar-refractivity contribution in [2.75, 3.05) is 6.54 Å². The van der Waals surface area contributed by atoms with Gasteiger partial charge in [0, 0.05) is 30.1 Å². The van der Waals surface area contributed by atoms with E-state index in [9.17, 15) is 8.42 Å². The Morgan fingerprint density at radius 2 is 1.88 bits per heavy atom. The molecule has 3 heterocycles. The molecule has 0 saturated heterocycles. The van der Waals surface area contributed by atoms with E-state index in [1.807, 2.05) is 42.8 Å². The highest BCUT2D eigenvalue weighted by atomic mass is 32.2. The molecule has 0 fully saturated rings. The van der Waals surface area contributed by atoms with Crippen LogP contribution in [0.15, 0.2) is 65.1 Å². The molecule has 0 bridgehead atoms. The van der Waals surface area contributed by atoms with Crippen LogP contribution in [0.5, 0.6) is 0 Å². The Bertz CT molecular complexity index is 1310. The molecule has 4 rings (SSSR count).